The summed E-state index contributed by atoms with van der Waals surface area (Å²) in [5.41, 5.74) is 0.208. The zero-order valence-corrected chi connectivity index (χ0v) is 13.7. The number of rotatable bonds is 2. The van der Waals surface area contributed by atoms with Crippen molar-refractivity contribution in [2.75, 3.05) is 0 Å². The Labute approximate surface area is 148 Å². The summed E-state index contributed by atoms with van der Waals surface area (Å²) in [6.07, 6.45) is 0. The second-order valence-corrected chi connectivity index (χ2v) is 6.56. The Morgan fingerprint density at radius 2 is 1.72 bits per heavy atom. The highest BCUT2D eigenvalue weighted by atomic mass is 35.5. The predicted octanol–water partition coefficient (Wildman–Crippen LogP) is 4.36. The molecule has 1 aliphatic rings. The van der Waals surface area contributed by atoms with Crippen LogP contribution in [0.5, 0.6) is 0 Å². The average Bonchev–Trinajstić information content (AvgIpc) is 3.30. The standard InChI is InChI=1S/C20H11ClN2O2/c21-13-6-7-14-15(9-17(24)25-16(14)8-13)19-18(20(19,10-22)11-23)12-4-2-1-3-5-12/h1-9,18-19H. The van der Waals surface area contributed by atoms with Gasteiger partial charge in [-0.3, -0.25) is 0 Å². The first-order valence-electron chi connectivity index (χ1n) is 7.71. The minimum absolute atomic E-state index is 0.288. The van der Waals surface area contributed by atoms with Gasteiger partial charge in [-0.15, -0.1) is 0 Å². The molecular formula is C20H11ClN2O2. The van der Waals surface area contributed by atoms with Gasteiger partial charge in [0.15, 0.2) is 5.41 Å². The molecule has 5 heteroatoms. The SMILES string of the molecule is N#CC1(C#N)C(c2ccccc2)C1c1cc(=O)oc2cc(Cl)ccc12. The first-order valence-corrected chi connectivity index (χ1v) is 8.09. The topological polar surface area (TPSA) is 77.8 Å². The highest BCUT2D eigenvalue weighted by molar-refractivity contribution is 6.31. The van der Waals surface area contributed by atoms with E-state index in [4.69, 9.17) is 16.0 Å². The lowest BCUT2D eigenvalue weighted by atomic mass is 9.99. The van der Waals surface area contributed by atoms with E-state index in [1.165, 1.54) is 6.07 Å². The average molecular weight is 347 g/mol. The van der Waals surface area contributed by atoms with Gasteiger partial charge in [0.05, 0.1) is 12.1 Å². The molecule has 1 saturated carbocycles. The predicted molar refractivity (Wildman–Crippen MR) is 93.1 cm³/mol. The molecule has 120 valence electrons. The van der Waals surface area contributed by atoms with Crippen LogP contribution in [0.25, 0.3) is 11.0 Å². The zero-order valence-electron chi connectivity index (χ0n) is 12.9. The Morgan fingerprint density at radius 1 is 1.00 bits per heavy atom. The molecule has 25 heavy (non-hydrogen) atoms. The summed E-state index contributed by atoms with van der Waals surface area (Å²) < 4.78 is 5.23. The van der Waals surface area contributed by atoms with Crippen molar-refractivity contribution in [3.63, 3.8) is 0 Å². The van der Waals surface area contributed by atoms with Gasteiger partial charge in [-0.25, -0.2) is 4.79 Å². The molecule has 1 aliphatic carbocycles. The van der Waals surface area contributed by atoms with Crippen LogP contribution in [0.2, 0.25) is 5.02 Å². The minimum Gasteiger partial charge on any atom is -0.423 e. The lowest BCUT2D eigenvalue weighted by Gasteiger charge is -2.05. The molecule has 0 radical (unpaired) electrons. The van der Waals surface area contributed by atoms with Gasteiger partial charge in [-0.05, 0) is 23.3 Å². The van der Waals surface area contributed by atoms with E-state index in [0.717, 1.165) is 5.56 Å². The van der Waals surface area contributed by atoms with Crippen molar-refractivity contribution in [1.29, 1.82) is 10.5 Å². The smallest absolute Gasteiger partial charge is 0.336 e. The molecule has 0 bridgehead atoms. The van der Waals surface area contributed by atoms with Crippen LogP contribution in [0, 0.1) is 28.1 Å². The summed E-state index contributed by atoms with van der Waals surface area (Å²) in [6.45, 7) is 0. The van der Waals surface area contributed by atoms with Crippen molar-refractivity contribution >= 4 is 22.6 Å². The normalized spacial score (nSPS) is 20.6. The molecule has 0 N–H and O–H groups in total. The van der Waals surface area contributed by atoms with E-state index in [9.17, 15) is 15.3 Å². The molecule has 2 aromatic carbocycles. The van der Waals surface area contributed by atoms with Crippen LogP contribution in [-0.4, -0.2) is 0 Å². The van der Waals surface area contributed by atoms with Crippen LogP contribution < -0.4 is 5.63 Å². The van der Waals surface area contributed by atoms with Crippen LogP contribution in [0.3, 0.4) is 0 Å². The number of hydrogen-bond acceptors (Lipinski definition) is 4. The maximum atomic E-state index is 12.0. The Balaban J connectivity index is 1.95. The fourth-order valence-electron chi connectivity index (χ4n) is 3.65. The van der Waals surface area contributed by atoms with Crippen molar-refractivity contribution in [3.05, 3.63) is 81.2 Å². The molecule has 1 heterocycles. The van der Waals surface area contributed by atoms with Gasteiger partial charge in [0.1, 0.15) is 5.58 Å². The molecule has 0 saturated heterocycles. The van der Waals surface area contributed by atoms with Crippen molar-refractivity contribution in [1.82, 2.24) is 0 Å². The van der Waals surface area contributed by atoms with E-state index in [2.05, 4.69) is 12.1 Å². The van der Waals surface area contributed by atoms with Gasteiger partial charge in [0.2, 0.25) is 0 Å². The van der Waals surface area contributed by atoms with Gasteiger partial charge in [-0.1, -0.05) is 41.9 Å². The third-order valence-corrected chi connectivity index (χ3v) is 5.04. The molecule has 0 amide bonds. The number of hydrogen-bond donors (Lipinski definition) is 0. The molecular weight excluding hydrogens is 336 g/mol. The molecule has 2 atom stereocenters. The van der Waals surface area contributed by atoms with E-state index < -0.39 is 17.0 Å². The molecule has 0 spiro atoms. The van der Waals surface area contributed by atoms with E-state index in [1.807, 2.05) is 30.3 Å². The Hall–Kier alpha value is -3.08. The van der Waals surface area contributed by atoms with Gasteiger partial charge in [-0.2, -0.15) is 10.5 Å². The van der Waals surface area contributed by atoms with E-state index in [-0.39, 0.29) is 5.92 Å². The number of fused-ring (bicyclic) bond motifs is 1. The van der Waals surface area contributed by atoms with Crippen LogP contribution in [0.4, 0.5) is 0 Å². The Kier molecular flexibility index (Phi) is 3.39. The number of halogens is 1. The summed E-state index contributed by atoms with van der Waals surface area (Å²) >= 11 is 5.99. The fraction of sp³-hybridized carbons (Fsp3) is 0.150. The Bertz CT molecular complexity index is 1110. The van der Waals surface area contributed by atoms with Gasteiger partial charge < -0.3 is 4.42 Å². The first-order chi connectivity index (χ1) is 12.1. The second-order valence-electron chi connectivity index (χ2n) is 6.12. The van der Waals surface area contributed by atoms with Crippen LogP contribution in [-0.2, 0) is 0 Å². The van der Waals surface area contributed by atoms with Crippen molar-refractivity contribution in [3.8, 4) is 12.1 Å². The van der Waals surface area contributed by atoms with Gasteiger partial charge in [0, 0.05) is 34.4 Å². The molecule has 1 fully saturated rings. The summed E-state index contributed by atoms with van der Waals surface area (Å²) in [4.78, 5) is 12.0. The second kappa shape index (κ2) is 5.48. The molecule has 4 rings (SSSR count). The van der Waals surface area contributed by atoms with E-state index in [0.29, 0.717) is 21.6 Å². The molecule has 0 aliphatic heterocycles. The van der Waals surface area contributed by atoms with Gasteiger partial charge in [0.25, 0.3) is 0 Å². The fourth-order valence-corrected chi connectivity index (χ4v) is 3.81. The summed E-state index contributed by atoms with van der Waals surface area (Å²) in [6, 6.07) is 20.2. The largest absolute Gasteiger partial charge is 0.423 e. The lowest BCUT2D eigenvalue weighted by Crippen LogP contribution is -2.03. The Morgan fingerprint density at radius 3 is 2.40 bits per heavy atom. The molecule has 3 aromatic rings. The summed E-state index contributed by atoms with van der Waals surface area (Å²) in [5, 5.41) is 20.6. The molecule has 1 aromatic heterocycles. The quantitative estimate of drug-likeness (QED) is 0.646. The summed E-state index contributed by atoms with van der Waals surface area (Å²) in [7, 11) is 0. The highest BCUT2D eigenvalue weighted by Gasteiger charge is 2.68. The van der Waals surface area contributed by atoms with Crippen molar-refractivity contribution in [2.45, 2.75) is 11.8 Å². The monoisotopic (exact) mass is 346 g/mol. The minimum atomic E-state index is -1.19. The number of nitrogens with zero attached hydrogens (tertiary/aromatic N) is 2. The highest BCUT2D eigenvalue weighted by Crippen LogP contribution is 2.70. The zero-order chi connectivity index (χ0) is 17.6. The van der Waals surface area contributed by atoms with Crippen LogP contribution in [0.15, 0.2) is 63.8 Å². The van der Waals surface area contributed by atoms with Crippen LogP contribution in [0.1, 0.15) is 23.0 Å². The lowest BCUT2D eigenvalue weighted by molar-refractivity contribution is 0.558. The van der Waals surface area contributed by atoms with Crippen LogP contribution >= 0.6 is 11.6 Å². The maximum absolute atomic E-state index is 12.0. The number of nitriles is 2. The van der Waals surface area contributed by atoms with E-state index >= 15 is 0 Å². The third-order valence-electron chi connectivity index (χ3n) is 4.81. The van der Waals surface area contributed by atoms with Crippen molar-refractivity contribution in [2.24, 2.45) is 5.41 Å². The first kappa shape index (κ1) is 15.4. The van der Waals surface area contributed by atoms with Gasteiger partial charge >= 0.3 is 5.63 Å². The maximum Gasteiger partial charge on any atom is 0.336 e. The molecule has 2 unspecified atom stereocenters. The summed E-state index contributed by atoms with van der Waals surface area (Å²) in [5.74, 6) is -0.679. The van der Waals surface area contributed by atoms with E-state index in [1.54, 1.807) is 18.2 Å². The number of benzene rings is 2. The van der Waals surface area contributed by atoms with Crippen molar-refractivity contribution < 1.29 is 4.42 Å². The molecule has 4 nitrogen and oxygen atoms in total. The third kappa shape index (κ3) is 2.23.